The Balaban J connectivity index is 0.00000338. The minimum Gasteiger partial charge on any atom is -0.497 e. The Morgan fingerprint density at radius 3 is 2.62 bits per heavy atom. The van der Waals surface area contributed by atoms with Gasteiger partial charge in [0.25, 0.3) is 0 Å². The molecule has 0 saturated carbocycles. The van der Waals surface area contributed by atoms with Crippen molar-refractivity contribution in [2.24, 2.45) is 12.0 Å². The first-order valence-electron chi connectivity index (χ1n) is 8.37. The fourth-order valence-corrected chi connectivity index (χ4v) is 2.45. The molecule has 144 valence electrons. The molecule has 0 amide bonds. The Morgan fingerprint density at radius 1 is 1.19 bits per heavy atom. The summed E-state index contributed by atoms with van der Waals surface area (Å²) >= 11 is 0. The summed E-state index contributed by atoms with van der Waals surface area (Å²) in [6.07, 6.45) is 2.58. The van der Waals surface area contributed by atoms with Crippen LogP contribution in [0.5, 0.6) is 11.5 Å². The zero-order valence-electron chi connectivity index (χ0n) is 15.8. The molecule has 1 heterocycles. The number of halogens is 1. The standard InChI is InChI=1S/C18H27N5O2.HI/c1-5-19-18(21-13-15-9-11-22-23(15)2)20-10-8-14-12-16(24-3)6-7-17(14)25-4;/h6-7,9,11-12H,5,8,10,13H2,1-4H3,(H2,19,20,21);1H. The first-order valence-corrected chi connectivity index (χ1v) is 8.37. The number of rotatable bonds is 8. The molecule has 7 nitrogen and oxygen atoms in total. The minimum absolute atomic E-state index is 0. The number of nitrogens with one attached hydrogen (secondary N) is 2. The van der Waals surface area contributed by atoms with Gasteiger partial charge in [-0.05, 0) is 43.2 Å². The number of methoxy groups -OCH3 is 2. The predicted octanol–water partition coefficient (Wildman–Crippen LogP) is 2.35. The van der Waals surface area contributed by atoms with E-state index in [4.69, 9.17) is 9.47 Å². The Labute approximate surface area is 172 Å². The van der Waals surface area contributed by atoms with Gasteiger partial charge in [0.1, 0.15) is 11.5 Å². The Kier molecular flexibility index (Phi) is 9.85. The number of aliphatic imine (C=N–C) groups is 1. The van der Waals surface area contributed by atoms with Crippen molar-refractivity contribution in [3.63, 3.8) is 0 Å². The summed E-state index contributed by atoms with van der Waals surface area (Å²) in [4.78, 5) is 4.60. The molecular formula is C18H28IN5O2. The van der Waals surface area contributed by atoms with Crippen LogP contribution in [0.4, 0.5) is 0 Å². The van der Waals surface area contributed by atoms with Crippen LogP contribution in [0, 0.1) is 0 Å². The normalized spacial score (nSPS) is 10.8. The maximum atomic E-state index is 5.42. The van der Waals surface area contributed by atoms with Crippen molar-refractivity contribution < 1.29 is 9.47 Å². The molecule has 2 rings (SSSR count). The molecule has 0 aliphatic heterocycles. The van der Waals surface area contributed by atoms with Crippen molar-refractivity contribution >= 4 is 29.9 Å². The van der Waals surface area contributed by atoms with Crippen LogP contribution in [-0.4, -0.2) is 43.0 Å². The van der Waals surface area contributed by atoms with Gasteiger partial charge in [-0.15, -0.1) is 24.0 Å². The van der Waals surface area contributed by atoms with Crippen molar-refractivity contribution in [2.45, 2.75) is 19.9 Å². The molecule has 1 aromatic heterocycles. The molecule has 0 unspecified atom stereocenters. The molecule has 0 saturated heterocycles. The number of benzene rings is 1. The molecule has 2 N–H and O–H groups in total. The van der Waals surface area contributed by atoms with Crippen LogP contribution < -0.4 is 20.1 Å². The first kappa shape index (κ1) is 22.1. The zero-order valence-corrected chi connectivity index (χ0v) is 18.1. The van der Waals surface area contributed by atoms with Crippen molar-refractivity contribution in [3.05, 3.63) is 41.7 Å². The first-order chi connectivity index (χ1) is 12.2. The predicted molar refractivity (Wildman–Crippen MR) is 115 cm³/mol. The molecule has 8 heteroatoms. The van der Waals surface area contributed by atoms with E-state index in [0.717, 1.165) is 48.2 Å². The number of aromatic nitrogens is 2. The van der Waals surface area contributed by atoms with Crippen LogP contribution >= 0.6 is 24.0 Å². The van der Waals surface area contributed by atoms with E-state index in [0.29, 0.717) is 6.54 Å². The maximum Gasteiger partial charge on any atom is 0.191 e. The van der Waals surface area contributed by atoms with Gasteiger partial charge in [0.2, 0.25) is 0 Å². The number of hydrogen-bond donors (Lipinski definition) is 2. The molecular weight excluding hydrogens is 445 g/mol. The molecule has 0 aliphatic carbocycles. The Morgan fingerprint density at radius 2 is 2.00 bits per heavy atom. The summed E-state index contributed by atoms with van der Waals surface area (Å²) in [6, 6.07) is 7.79. The second-order valence-corrected chi connectivity index (χ2v) is 5.50. The SMILES string of the molecule is CCNC(=NCc1ccnn1C)NCCc1cc(OC)ccc1OC.I. The van der Waals surface area contributed by atoms with E-state index < -0.39 is 0 Å². The van der Waals surface area contributed by atoms with Gasteiger partial charge in [-0.3, -0.25) is 4.68 Å². The Bertz CT molecular complexity index is 703. The van der Waals surface area contributed by atoms with E-state index in [9.17, 15) is 0 Å². The van der Waals surface area contributed by atoms with Crippen molar-refractivity contribution in [1.29, 1.82) is 0 Å². The van der Waals surface area contributed by atoms with Gasteiger partial charge < -0.3 is 20.1 Å². The third-order valence-corrected chi connectivity index (χ3v) is 3.84. The lowest BCUT2D eigenvalue weighted by molar-refractivity contribution is 0.398. The van der Waals surface area contributed by atoms with Gasteiger partial charge in [-0.25, -0.2) is 4.99 Å². The number of aryl methyl sites for hydroxylation is 1. The fourth-order valence-electron chi connectivity index (χ4n) is 2.45. The van der Waals surface area contributed by atoms with Crippen LogP contribution in [-0.2, 0) is 20.0 Å². The molecule has 0 fully saturated rings. The zero-order chi connectivity index (χ0) is 18.1. The van der Waals surface area contributed by atoms with Crippen molar-refractivity contribution in [1.82, 2.24) is 20.4 Å². The highest BCUT2D eigenvalue weighted by atomic mass is 127. The molecule has 0 atom stereocenters. The smallest absolute Gasteiger partial charge is 0.191 e. The summed E-state index contributed by atoms with van der Waals surface area (Å²) < 4.78 is 12.5. The quantitative estimate of drug-likeness (QED) is 0.350. The molecule has 0 aliphatic rings. The van der Waals surface area contributed by atoms with E-state index in [1.54, 1.807) is 20.4 Å². The number of hydrogen-bond acceptors (Lipinski definition) is 4. The third kappa shape index (κ3) is 6.40. The molecule has 0 radical (unpaired) electrons. The van der Waals surface area contributed by atoms with Crippen molar-refractivity contribution in [2.75, 3.05) is 27.3 Å². The summed E-state index contributed by atoms with van der Waals surface area (Å²) in [5.74, 6) is 2.47. The largest absolute Gasteiger partial charge is 0.497 e. The number of nitrogens with zero attached hydrogens (tertiary/aromatic N) is 3. The lowest BCUT2D eigenvalue weighted by atomic mass is 10.1. The topological polar surface area (TPSA) is 72.7 Å². The summed E-state index contributed by atoms with van der Waals surface area (Å²) in [6.45, 7) is 4.17. The minimum atomic E-state index is 0. The molecule has 0 bridgehead atoms. The van der Waals surface area contributed by atoms with Gasteiger partial charge >= 0.3 is 0 Å². The second kappa shape index (κ2) is 11.6. The van der Waals surface area contributed by atoms with E-state index in [-0.39, 0.29) is 24.0 Å². The summed E-state index contributed by atoms with van der Waals surface area (Å²) in [5.41, 5.74) is 2.16. The van der Waals surface area contributed by atoms with Gasteiger partial charge in [0, 0.05) is 26.3 Å². The second-order valence-electron chi connectivity index (χ2n) is 5.50. The monoisotopic (exact) mass is 473 g/mol. The van der Waals surface area contributed by atoms with Gasteiger partial charge in [0.15, 0.2) is 5.96 Å². The third-order valence-electron chi connectivity index (χ3n) is 3.84. The number of ether oxygens (including phenoxy) is 2. The highest BCUT2D eigenvalue weighted by Crippen LogP contribution is 2.24. The van der Waals surface area contributed by atoms with Crippen LogP contribution in [0.25, 0.3) is 0 Å². The maximum absolute atomic E-state index is 5.42. The van der Waals surface area contributed by atoms with Crippen LogP contribution in [0.3, 0.4) is 0 Å². The van der Waals surface area contributed by atoms with Crippen LogP contribution in [0.1, 0.15) is 18.2 Å². The highest BCUT2D eigenvalue weighted by Gasteiger charge is 2.06. The van der Waals surface area contributed by atoms with Gasteiger partial charge in [0.05, 0.1) is 26.5 Å². The molecule has 26 heavy (non-hydrogen) atoms. The van der Waals surface area contributed by atoms with Crippen molar-refractivity contribution in [3.8, 4) is 11.5 Å². The summed E-state index contributed by atoms with van der Waals surface area (Å²) in [7, 11) is 5.26. The average Bonchev–Trinajstić information content (AvgIpc) is 3.04. The highest BCUT2D eigenvalue weighted by molar-refractivity contribution is 14.0. The van der Waals surface area contributed by atoms with Crippen LogP contribution in [0.15, 0.2) is 35.5 Å². The molecule has 1 aromatic carbocycles. The lowest BCUT2D eigenvalue weighted by Crippen LogP contribution is -2.38. The van der Waals surface area contributed by atoms with Crippen LogP contribution in [0.2, 0.25) is 0 Å². The van der Waals surface area contributed by atoms with Gasteiger partial charge in [-0.1, -0.05) is 0 Å². The molecule has 0 spiro atoms. The molecule has 2 aromatic rings. The van der Waals surface area contributed by atoms with E-state index in [2.05, 4.69) is 20.7 Å². The summed E-state index contributed by atoms with van der Waals surface area (Å²) in [5, 5.41) is 10.8. The average molecular weight is 473 g/mol. The van der Waals surface area contributed by atoms with E-state index in [1.807, 2.05) is 42.9 Å². The van der Waals surface area contributed by atoms with E-state index >= 15 is 0 Å². The lowest BCUT2D eigenvalue weighted by Gasteiger charge is -2.13. The van der Waals surface area contributed by atoms with E-state index in [1.165, 1.54) is 0 Å². The Hall–Kier alpha value is -1.97. The number of guanidine groups is 1. The fraction of sp³-hybridized carbons (Fsp3) is 0.444. The van der Waals surface area contributed by atoms with Gasteiger partial charge in [-0.2, -0.15) is 5.10 Å².